The molecule has 0 spiro atoms. The predicted octanol–water partition coefficient (Wildman–Crippen LogP) is 5.58. The summed E-state index contributed by atoms with van der Waals surface area (Å²) in [6.45, 7) is 0. The number of aromatic nitrogens is 2. The number of carbonyl (C=O) groups excluding carboxylic acids is 2. The maximum atomic E-state index is 15.6. The van der Waals surface area contributed by atoms with Crippen LogP contribution in [0, 0.1) is 17.0 Å². The van der Waals surface area contributed by atoms with Crippen LogP contribution in [0.15, 0.2) is 91.3 Å². The number of amides is 2. The number of carbonyl (C=O) groups is 2. The molecule has 1 aliphatic rings. The van der Waals surface area contributed by atoms with Gasteiger partial charge in [0.2, 0.25) is 11.8 Å². The van der Waals surface area contributed by atoms with E-state index in [2.05, 4.69) is 5.10 Å². The lowest BCUT2D eigenvalue weighted by atomic mass is 10.0. The van der Waals surface area contributed by atoms with Crippen molar-refractivity contribution < 1.29 is 23.1 Å². The first kappa shape index (κ1) is 25.1. The van der Waals surface area contributed by atoms with Gasteiger partial charge < -0.3 is 16.2 Å². The zero-order valence-corrected chi connectivity index (χ0v) is 21.1. The van der Waals surface area contributed by atoms with Crippen LogP contribution < -0.4 is 21.1 Å². The fourth-order valence-electron chi connectivity index (χ4n) is 4.75. The van der Waals surface area contributed by atoms with Gasteiger partial charge in [-0.25, -0.2) is 13.3 Å². The molecule has 1 aliphatic carbocycles. The molecule has 40 heavy (non-hydrogen) atoms. The molecule has 0 saturated heterocycles. The molecule has 0 atom stereocenters. The molecule has 0 bridgehead atoms. The number of benzene rings is 3. The first-order valence-electron chi connectivity index (χ1n) is 12.5. The number of anilines is 3. The Hall–Kier alpha value is -5.25. The van der Waals surface area contributed by atoms with Crippen molar-refractivity contribution in [2.24, 2.45) is 11.1 Å². The van der Waals surface area contributed by atoms with Gasteiger partial charge in [-0.3, -0.25) is 14.5 Å². The highest BCUT2D eigenvalue weighted by atomic mass is 19.1. The SMILES string of the molecule is NC(=O)C1(C(=O)N(c2ccc(F)cc2)c2ccc(Oc3ccnn4ccc(-c5cccc(N)c5)c34)c(F)c2)CC1. The molecule has 10 heteroatoms. The van der Waals surface area contributed by atoms with Gasteiger partial charge in [0.25, 0.3) is 0 Å². The second-order valence-electron chi connectivity index (χ2n) is 9.62. The number of hydrogen-bond acceptors (Lipinski definition) is 5. The van der Waals surface area contributed by atoms with E-state index in [0.717, 1.165) is 17.2 Å². The first-order valence-corrected chi connectivity index (χ1v) is 12.5. The third kappa shape index (κ3) is 4.29. The van der Waals surface area contributed by atoms with E-state index in [0.29, 0.717) is 17.0 Å². The Morgan fingerprint density at radius 1 is 0.925 bits per heavy atom. The van der Waals surface area contributed by atoms with Gasteiger partial charge in [-0.15, -0.1) is 0 Å². The van der Waals surface area contributed by atoms with Crippen molar-refractivity contribution in [1.82, 2.24) is 9.61 Å². The summed E-state index contributed by atoms with van der Waals surface area (Å²) in [4.78, 5) is 26.8. The molecular weight excluding hydrogens is 516 g/mol. The monoisotopic (exact) mass is 539 g/mol. The van der Waals surface area contributed by atoms with Gasteiger partial charge in [0.05, 0.1) is 11.9 Å². The van der Waals surface area contributed by atoms with Gasteiger partial charge in [0.1, 0.15) is 16.7 Å². The van der Waals surface area contributed by atoms with Crippen molar-refractivity contribution >= 4 is 34.4 Å². The molecule has 3 aromatic carbocycles. The minimum atomic E-state index is -1.38. The number of nitrogens with two attached hydrogens (primary N) is 2. The van der Waals surface area contributed by atoms with Crippen LogP contribution >= 0.6 is 0 Å². The van der Waals surface area contributed by atoms with Crippen molar-refractivity contribution in [2.75, 3.05) is 10.6 Å². The van der Waals surface area contributed by atoms with Gasteiger partial charge in [-0.1, -0.05) is 12.1 Å². The molecule has 2 aromatic heterocycles. The average molecular weight is 540 g/mol. The summed E-state index contributed by atoms with van der Waals surface area (Å²) in [6.07, 6.45) is 3.87. The molecule has 0 unspecified atom stereocenters. The van der Waals surface area contributed by atoms with Gasteiger partial charge in [-0.05, 0) is 73.0 Å². The van der Waals surface area contributed by atoms with Crippen LogP contribution in [0.25, 0.3) is 16.6 Å². The van der Waals surface area contributed by atoms with E-state index in [9.17, 15) is 14.0 Å². The lowest BCUT2D eigenvalue weighted by molar-refractivity contribution is -0.133. The molecule has 5 aromatic rings. The highest BCUT2D eigenvalue weighted by Crippen LogP contribution is 2.49. The molecule has 200 valence electrons. The predicted molar refractivity (Wildman–Crippen MR) is 146 cm³/mol. The fourth-order valence-corrected chi connectivity index (χ4v) is 4.75. The first-order chi connectivity index (χ1) is 19.3. The number of rotatable bonds is 7. The molecular formula is C30H23F2N5O3. The molecule has 2 heterocycles. The lowest BCUT2D eigenvalue weighted by Gasteiger charge is -2.26. The Labute approximate surface area is 227 Å². The molecule has 0 radical (unpaired) electrons. The molecule has 8 nitrogen and oxygen atoms in total. The van der Waals surface area contributed by atoms with Gasteiger partial charge in [0.15, 0.2) is 17.3 Å². The van der Waals surface area contributed by atoms with Crippen molar-refractivity contribution in [3.63, 3.8) is 0 Å². The second kappa shape index (κ2) is 9.49. The van der Waals surface area contributed by atoms with Crippen LogP contribution in [0.5, 0.6) is 11.5 Å². The van der Waals surface area contributed by atoms with Crippen LogP contribution in [-0.2, 0) is 9.59 Å². The topological polar surface area (TPSA) is 116 Å². The van der Waals surface area contributed by atoms with E-state index in [1.165, 1.54) is 47.5 Å². The van der Waals surface area contributed by atoms with E-state index in [-0.39, 0.29) is 30.0 Å². The van der Waals surface area contributed by atoms with Crippen molar-refractivity contribution in [3.05, 3.63) is 103 Å². The number of hydrogen-bond donors (Lipinski definition) is 2. The number of halogens is 2. The molecule has 1 fully saturated rings. The summed E-state index contributed by atoms with van der Waals surface area (Å²) in [5, 5.41) is 4.32. The number of nitrogens with zero attached hydrogens (tertiary/aromatic N) is 3. The third-order valence-corrected chi connectivity index (χ3v) is 7.03. The van der Waals surface area contributed by atoms with Crippen LogP contribution in [-0.4, -0.2) is 21.4 Å². The Kier molecular flexibility index (Phi) is 5.95. The quantitative estimate of drug-likeness (QED) is 0.207. The fraction of sp³-hybridized carbons (Fsp3) is 0.100. The minimum Gasteiger partial charge on any atom is -0.452 e. The number of primary amides is 1. The van der Waals surface area contributed by atoms with E-state index in [1.807, 2.05) is 24.3 Å². The molecule has 0 aliphatic heterocycles. The summed E-state index contributed by atoms with van der Waals surface area (Å²) >= 11 is 0. The Bertz CT molecular complexity index is 1780. The van der Waals surface area contributed by atoms with E-state index < -0.39 is 28.9 Å². The third-order valence-electron chi connectivity index (χ3n) is 7.03. The van der Waals surface area contributed by atoms with Crippen molar-refractivity contribution in [2.45, 2.75) is 12.8 Å². The van der Waals surface area contributed by atoms with E-state index in [1.54, 1.807) is 22.8 Å². The summed E-state index contributed by atoms with van der Waals surface area (Å²) in [7, 11) is 0. The number of ether oxygens (including phenoxy) is 1. The normalized spacial score (nSPS) is 13.7. The van der Waals surface area contributed by atoms with E-state index in [4.69, 9.17) is 16.2 Å². The van der Waals surface area contributed by atoms with Crippen LogP contribution in [0.2, 0.25) is 0 Å². The van der Waals surface area contributed by atoms with E-state index >= 15 is 4.39 Å². The molecule has 6 rings (SSSR count). The summed E-state index contributed by atoms with van der Waals surface area (Å²) in [5.74, 6) is -2.37. The summed E-state index contributed by atoms with van der Waals surface area (Å²) < 4.78 is 36.8. The maximum Gasteiger partial charge on any atom is 0.247 e. The minimum absolute atomic E-state index is 0.0980. The molecule has 1 saturated carbocycles. The van der Waals surface area contributed by atoms with Crippen molar-refractivity contribution in [3.8, 4) is 22.6 Å². The summed E-state index contributed by atoms with van der Waals surface area (Å²) in [5.41, 5.74) is 13.4. The number of nitrogen functional groups attached to an aromatic ring is 1. The average Bonchev–Trinajstić information content (AvgIpc) is 3.65. The Balaban J connectivity index is 1.38. The highest BCUT2D eigenvalue weighted by molar-refractivity contribution is 6.16. The summed E-state index contributed by atoms with van der Waals surface area (Å²) in [6, 6.07) is 19.9. The zero-order valence-electron chi connectivity index (χ0n) is 21.1. The number of fused-ring (bicyclic) bond motifs is 1. The van der Waals surface area contributed by atoms with Crippen LogP contribution in [0.1, 0.15) is 12.8 Å². The smallest absolute Gasteiger partial charge is 0.247 e. The van der Waals surface area contributed by atoms with Crippen LogP contribution in [0.4, 0.5) is 25.8 Å². The second-order valence-corrected chi connectivity index (χ2v) is 9.62. The zero-order chi connectivity index (χ0) is 28.0. The maximum absolute atomic E-state index is 15.6. The van der Waals surface area contributed by atoms with Crippen molar-refractivity contribution in [1.29, 1.82) is 0 Å². The van der Waals surface area contributed by atoms with Gasteiger partial charge >= 0.3 is 0 Å². The Morgan fingerprint density at radius 2 is 1.68 bits per heavy atom. The largest absolute Gasteiger partial charge is 0.452 e. The molecule has 2 amide bonds. The van der Waals surface area contributed by atoms with Gasteiger partial charge in [0, 0.05) is 35.3 Å². The highest BCUT2D eigenvalue weighted by Gasteiger charge is 2.57. The molecule has 4 N–H and O–H groups in total. The Morgan fingerprint density at radius 3 is 2.35 bits per heavy atom. The van der Waals surface area contributed by atoms with Gasteiger partial charge in [-0.2, -0.15) is 5.10 Å². The standard InChI is InChI=1S/C30H23F2N5O3/c31-19-4-6-21(7-5-19)37(29(39)30(12-13-30)28(34)38)22-8-9-25(24(32)17-22)40-26-10-14-35-36-15-11-23(27(26)36)18-2-1-3-20(33)16-18/h1-11,14-17H,12-13,33H2,(H2,34,38). The van der Waals surface area contributed by atoms with Crippen LogP contribution in [0.3, 0.4) is 0 Å². The lowest BCUT2D eigenvalue weighted by Crippen LogP contribution is -2.41.